The molecular formula is C6H13NO3S. The van der Waals surface area contributed by atoms with E-state index in [4.69, 9.17) is 0 Å². The molecule has 1 unspecified atom stereocenters. The fourth-order valence-electron chi connectivity index (χ4n) is 1.08. The van der Waals surface area contributed by atoms with Crippen molar-refractivity contribution in [1.29, 1.82) is 0 Å². The molecule has 0 bridgehead atoms. The predicted molar refractivity (Wildman–Crippen MR) is 41.8 cm³/mol. The molecule has 0 radical (unpaired) electrons. The molecule has 5 heteroatoms. The van der Waals surface area contributed by atoms with Crippen LogP contribution in [0.1, 0.15) is 6.42 Å². The van der Waals surface area contributed by atoms with Crippen molar-refractivity contribution in [2.45, 2.75) is 6.42 Å². The van der Waals surface area contributed by atoms with Gasteiger partial charge in [0.15, 0.2) is 0 Å². The van der Waals surface area contributed by atoms with Crippen molar-refractivity contribution in [3.05, 3.63) is 0 Å². The van der Waals surface area contributed by atoms with Crippen molar-refractivity contribution in [3.63, 3.8) is 0 Å². The molecule has 1 N–H and O–H groups in total. The van der Waals surface area contributed by atoms with E-state index in [1.54, 1.807) is 0 Å². The van der Waals surface area contributed by atoms with Crippen molar-refractivity contribution in [2.75, 3.05) is 26.0 Å². The Kier molecular flexibility index (Phi) is 2.86. The minimum Gasteiger partial charge on any atom is -0.316 e. The van der Waals surface area contributed by atoms with Crippen LogP contribution in [0.25, 0.3) is 0 Å². The highest BCUT2D eigenvalue weighted by Gasteiger charge is 2.16. The third kappa shape index (κ3) is 3.69. The Morgan fingerprint density at radius 3 is 2.82 bits per heavy atom. The molecule has 66 valence electrons. The monoisotopic (exact) mass is 179 g/mol. The van der Waals surface area contributed by atoms with Gasteiger partial charge in [-0.05, 0) is 18.9 Å². The number of rotatable bonds is 3. The Bertz CT molecular complexity index is 206. The Morgan fingerprint density at radius 2 is 2.36 bits per heavy atom. The van der Waals surface area contributed by atoms with Crippen molar-refractivity contribution in [2.24, 2.45) is 5.92 Å². The average Bonchev–Trinajstić information content (AvgIpc) is 2.32. The predicted octanol–water partition coefficient (Wildman–Crippen LogP) is -0.428. The lowest BCUT2D eigenvalue weighted by Gasteiger charge is -2.06. The van der Waals surface area contributed by atoms with Gasteiger partial charge in [-0.15, -0.1) is 0 Å². The van der Waals surface area contributed by atoms with Crippen LogP contribution in [0.15, 0.2) is 0 Å². The van der Waals surface area contributed by atoms with E-state index in [2.05, 4.69) is 9.50 Å². The molecular weight excluding hydrogens is 166 g/mol. The van der Waals surface area contributed by atoms with Gasteiger partial charge < -0.3 is 5.32 Å². The lowest BCUT2D eigenvalue weighted by atomic mass is 10.1. The molecule has 11 heavy (non-hydrogen) atoms. The van der Waals surface area contributed by atoms with Gasteiger partial charge in [0.05, 0.1) is 12.9 Å². The molecule has 1 fully saturated rings. The minimum atomic E-state index is -3.24. The maximum absolute atomic E-state index is 10.5. The summed E-state index contributed by atoms with van der Waals surface area (Å²) in [5.74, 6) is 0.365. The van der Waals surface area contributed by atoms with Crippen LogP contribution in [0.5, 0.6) is 0 Å². The van der Waals surface area contributed by atoms with Gasteiger partial charge >= 0.3 is 0 Å². The molecule has 1 aliphatic heterocycles. The second kappa shape index (κ2) is 3.51. The first-order valence-corrected chi connectivity index (χ1v) is 5.45. The van der Waals surface area contributed by atoms with Gasteiger partial charge in [-0.2, -0.15) is 8.42 Å². The van der Waals surface area contributed by atoms with Crippen molar-refractivity contribution in [3.8, 4) is 0 Å². The van der Waals surface area contributed by atoms with Crippen LogP contribution in [0, 0.1) is 5.92 Å². The van der Waals surface area contributed by atoms with Crippen molar-refractivity contribution < 1.29 is 12.6 Å². The largest absolute Gasteiger partial charge is 0.316 e. The molecule has 1 rings (SSSR count). The third-order valence-corrected chi connectivity index (χ3v) is 2.24. The summed E-state index contributed by atoms with van der Waals surface area (Å²) in [4.78, 5) is 0. The lowest BCUT2D eigenvalue weighted by molar-refractivity contribution is 0.267. The van der Waals surface area contributed by atoms with E-state index in [-0.39, 0.29) is 0 Å². The fraction of sp³-hybridized carbons (Fsp3) is 1.00. The molecule has 1 aliphatic rings. The highest BCUT2D eigenvalue weighted by molar-refractivity contribution is 7.85. The zero-order valence-corrected chi connectivity index (χ0v) is 7.36. The van der Waals surface area contributed by atoms with Crippen LogP contribution in [0.2, 0.25) is 0 Å². The van der Waals surface area contributed by atoms with Crippen LogP contribution in [-0.2, 0) is 14.3 Å². The first-order chi connectivity index (χ1) is 5.08. The first kappa shape index (κ1) is 8.96. The fourth-order valence-corrected chi connectivity index (χ4v) is 1.52. The van der Waals surface area contributed by atoms with Gasteiger partial charge in [0.2, 0.25) is 0 Å². The molecule has 4 nitrogen and oxygen atoms in total. The number of hydrogen-bond donors (Lipinski definition) is 1. The van der Waals surface area contributed by atoms with Crippen LogP contribution in [-0.4, -0.2) is 34.4 Å². The molecule has 0 amide bonds. The van der Waals surface area contributed by atoms with Crippen LogP contribution in [0.4, 0.5) is 0 Å². The molecule has 0 aromatic heterocycles. The van der Waals surface area contributed by atoms with E-state index >= 15 is 0 Å². The molecule has 0 aromatic rings. The second-order valence-electron chi connectivity index (χ2n) is 2.85. The Labute approximate surface area is 67.1 Å². The van der Waals surface area contributed by atoms with E-state index in [0.717, 1.165) is 25.8 Å². The summed E-state index contributed by atoms with van der Waals surface area (Å²) in [6.07, 6.45) is 2.09. The van der Waals surface area contributed by atoms with Crippen LogP contribution in [0.3, 0.4) is 0 Å². The summed E-state index contributed by atoms with van der Waals surface area (Å²) in [7, 11) is -3.24. The molecule has 1 heterocycles. The summed E-state index contributed by atoms with van der Waals surface area (Å²) in [5.41, 5.74) is 0. The molecule has 1 atom stereocenters. The quantitative estimate of drug-likeness (QED) is 0.597. The lowest BCUT2D eigenvalue weighted by Crippen LogP contribution is -2.16. The zero-order chi connectivity index (χ0) is 8.32. The van der Waals surface area contributed by atoms with E-state index in [1.165, 1.54) is 0 Å². The smallest absolute Gasteiger partial charge is 0.264 e. The van der Waals surface area contributed by atoms with Gasteiger partial charge in [0.1, 0.15) is 0 Å². The maximum atomic E-state index is 10.5. The second-order valence-corrected chi connectivity index (χ2v) is 4.49. The highest BCUT2D eigenvalue weighted by atomic mass is 32.2. The summed E-state index contributed by atoms with van der Waals surface area (Å²) >= 11 is 0. The maximum Gasteiger partial charge on any atom is 0.264 e. The van der Waals surface area contributed by atoms with Crippen LogP contribution < -0.4 is 5.32 Å². The molecule has 0 spiro atoms. The third-order valence-electron chi connectivity index (χ3n) is 1.68. The topological polar surface area (TPSA) is 55.4 Å². The van der Waals surface area contributed by atoms with E-state index in [1.807, 2.05) is 0 Å². The van der Waals surface area contributed by atoms with Gasteiger partial charge in [-0.25, -0.2) is 0 Å². The van der Waals surface area contributed by atoms with E-state index < -0.39 is 10.1 Å². The summed E-state index contributed by atoms with van der Waals surface area (Å²) in [6.45, 7) is 2.17. The number of hydrogen-bond acceptors (Lipinski definition) is 4. The van der Waals surface area contributed by atoms with Crippen LogP contribution >= 0.6 is 0 Å². The van der Waals surface area contributed by atoms with Crippen molar-refractivity contribution >= 4 is 10.1 Å². The van der Waals surface area contributed by atoms with Gasteiger partial charge in [-0.1, -0.05) is 0 Å². The Hall–Kier alpha value is -0.130. The summed E-state index contributed by atoms with van der Waals surface area (Å²) < 4.78 is 25.7. The Morgan fingerprint density at radius 1 is 1.64 bits per heavy atom. The first-order valence-electron chi connectivity index (χ1n) is 3.63. The molecule has 0 aromatic carbocycles. The highest BCUT2D eigenvalue weighted by Crippen LogP contribution is 2.08. The van der Waals surface area contributed by atoms with E-state index in [0.29, 0.717) is 12.5 Å². The Balaban J connectivity index is 2.22. The summed E-state index contributed by atoms with van der Waals surface area (Å²) in [5, 5.41) is 3.13. The van der Waals surface area contributed by atoms with E-state index in [9.17, 15) is 8.42 Å². The average molecular weight is 179 g/mol. The standard InChI is InChI=1S/C6H13NO3S/c1-11(8,9)10-5-6-2-3-7-4-6/h6-7H,2-5H2,1H3. The van der Waals surface area contributed by atoms with Crippen molar-refractivity contribution in [1.82, 2.24) is 5.32 Å². The SMILES string of the molecule is CS(=O)(=O)OCC1CCNC1. The zero-order valence-electron chi connectivity index (χ0n) is 6.54. The van der Waals surface area contributed by atoms with Gasteiger partial charge in [0, 0.05) is 6.54 Å². The molecule has 0 saturated carbocycles. The normalized spacial score (nSPS) is 25.7. The molecule has 0 aliphatic carbocycles. The summed E-state index contributed by atoms with van der Waals surface area (Å²) in [6, 6.07) is 0. The molecule has 1 saturated heterocycles. The number of nitrogens with one attached hydrogen (secondary N) is 1. The van der Waals surface area contributed by atoms with Gasteiger partial charge in [-0.3, -0.25) is 4.18 Å². The minimum absolute atomic E-state index is 0.325. The van der Waals surface area contributed by atoms with Gasteiger partial charge in [0.25, 0.3) is 10.1 Å².